The number of hydrogen-bond donors (Lipinski definition) is 1. The summed E-state index contributed by atoms with van der Waals surface area (Å²) in [6, 6.07) is 3.38. The van der Waals surface area contributed by atoms with Crippen molar-refractivity contribution in [3.63, 3.8) is 0 Å². The molecule has 2 heterocycles. The molecule has 1 aromatic carbocycles. The van der Waals surface area contributed by atoms with E-state index in [0.29, 0.717) is 5.41 Å². The Hall–Kier alpha value is -1.49. The quantitative estimate of drug-likeness (QED) is 0.906. The molecule has 0 bridgehead atoms. The molecule has 3 nitrogen and oxygen atoms in total. The van der Waals surface area contributed by atoms with Crippen LogP contribution in [0.4, 0.5) is 8.78 Å². The largest absolute Gasteiger partial charge is 0.342 e. The topological polar surface area (TPSA) is 32.3 Å². The zero-order valence-corrected chi connectivity index (χ0v) is 12.0. The van der Waals surface area contributed by atoms with Gasteiger partial charge in [-0.15, -0.1) is 0 Å². The number of likely N-dealkylation sites (tertiary alicyclic amines) is 1. The lowest BCUT2D eigenvalue weighted by Gasteiger charge is -2.39. The van der Waals surface area contributed by atoms with Gasteiger partial charge in [-0.05, 0) is 42.9 Å². The number of piperidine rings is 1. The van der Waals surface area contributed by atoms with Crippen LogP contribution >= 0.6 is 0 Å². The first-order valence-corrected chi connectivity index (χ1v) is 7.50. The molecule has 0 saturated carbocycles. The third kappa shape index (κ3) is 3.07. The van der Waals surface area contributed by atoms with Crippen LogP contribution < -0.4 is 5.32 Å². The minimum atomic E-state index is -0.642. The summed E-state index contributed by atoms with van der Waals surface area (Å²) in [5.41, 5.74) is 0.627. The SMILES string of the molecule is O=C(Cc1ccc(F)cc1F)N1CCC2(CCNC2)CC1. The number of halogens is 2. The first-order chi connectivity index (χ1) is 10.1. The fourth-order valence-corrected chi connectivity index (χ4v) is 3.39. The molecule has 21 heavy (non-hydrogen) atoms. The van der Waals surface area contributed by atoms with E-state index in [1.54, 1.807) is 0 Å². The number of nitrogens with one attached hydrogen (secondary N) is 1. The van der Waals surface area contributed by atoms with E-state index in [9.17, 15) is 13.6 Å². The lowest BCUT2D eigenvalue weighted by Crippen LogP contribution is -2.44. The summed E-state index contributed by atoms with van der Waals surface area (Å²) in [5, 5.41) is 3.39. The highest BCUT2D eigenvalue weighted by atomic mass is 19.1. The molecular formula is C16H20F2N2O. The van der Waals surface area contributed by atoms with Crippen molar-refractivity contribution in [2.24, 2.45) is 5.41 Å². The lowest BCUT2D eigenvalue weighted by atomic mass is 9.78. The Kier molecular flexibility index (Phi) is 3.93. The fraction of sp³-hybridized carbons (Fsp3) is 0.562. The summed E-state index contributed by atoms with van der Waals surface area (Å²) < 4.78 is 26.5. The molecule has 3 rings (SSSR count). The highest BCUT2D eigenvalue weighted by molar-refractivity contribution is 5.79. The summed E-state index contributed by atoms with van der Waals surface area (Å²) >= 11 is 0. The first kappa shape index (κ1) is 14.4. The van der Waals surface area contributed by atoms with Gasteiger partial charge in [0.05, 0.1) is 6.42 Å². The zero-order chi connectivity index (χ0) is 14.9. The van der Waals surface area contributed by atoms with Crippen LogP contribution in [0.2, 0.25) is 0 Å². The molecule has 1 N–H and O–H groups in total. The highest BCUT2D eigenvalue weighted by Gasteiger charge is 2.37. The summed E-state index contributed by atoms with van der Waals surface area (Å²) in [6.45, 7) is 3.59. The number of rotatable bonds is 2. The molecule has 114 valence electrons. The van der Waals surface area contributed by atoms with Gasteiger partial charge >= 0.3 is 0 Å². The molecule has 5 heteroatoms. The monoisotopic (exact) mass is 294 g/mol. The number of benzene rings is 1. The zero-order valence-electron chi connectivity index (χ0n) is 12.0. The molecule has 1 amide bonds. The van der Waals surface area contributed by atoms with Gasteiger partial charge in [0, 0.05) is 25.7 Å². The van der Waals surface area contributed by atoms with Crippen molar-refractivity contribution in [1.82, 2.24) is 10.2 Å². The van der Waals surface area contributed by atoms with Gasteiger partial charge in [0.1, 0.15) is 11.6 Å². The van der Waals surface area contributed by atoms with Gasteiger partial charge in [-0.2, -0.15) is 0 Å². The van der Waals surface area contributed by atoms with Crippen LogP contribution in [0.3, 0.4) is 0 Å². The second-order valence-corrected chi connectivity index (χ2v) is 6.22. The maximum Gasteiger partial charge on any atom is 0.227 e. The van der Waals surface area contributed by atoms with Crippen LogP contribution in [0.5, 0.6) is 0 Å². The predicted octanol–water partition coefficient (Wildman–Crippen LogP) is 2.11. The number of amides is 1. The molecule has 0 atom stereocenters. The second-order valence-electron chi connectivity index (χ2n) is 6.22. The van der Waals surface area contributed by atoms with Gasteiger partial charge in [-0.1, -0.05) is 6.07 Å². The van der Waals surface area contributed by atoms with Gasteiger partial charge in [0.2, 0.25) is 5.91 Å². The Morgan fingerprint density at radius 1 is 1.24 bits per heavy atom. The molecule has 2 aliphatic heterocycles. The van der Waals surface area contributed by atoms with Crippen molar-refractivity contribution in [2.45, 2.75) is 25.7 Å². The van der Waals surface area contributed by atoms with Crippen LogP contribution in [-0.4, -0.2) is 37.0 Å². The summed E-state index contributed by atoms with van der Waals surface area (Å²) in [5.74, 6) is -1.32. The summed E-state index contributed by atoms with van der Waals surface area (Å²) in [6.07, 6.45) is 3.22. The Morgan fingerprint density at radius 3 is 2.62 bits per heavy atom. The van der Waals surface area contributed by atoms with Crippen LogP contribution in [-0.2, 0) is 11.2 Å². The lowest BCUT2D eigenvalue weighted by molar-refractivity contribution is -0.132. The molecule has 0 radical (unpaired) electrons. The van der Waals surface area contributed by atoms with Crippen molar-refractivity contribution < 1.29 is 13.6 Å². The third-order valence-corrected chi connectivity index (χ3v) is 4.87. The summed E-state index contributed by atoms with van der Waals surface area (Å²) in [7, 11) is 0. The number of carbonyl (C=O) groups is 1. The average molecular weight is 294 g/mol. The van der Waals surface area contributed by atoms with E-state index in [4.69, 9.17) is 0 Å². The van der Waals surface area contributed by atoms with Crippen LogP contribution in [0, 0.1) is 17.0 Å². The van der Waals surface area contributed by atoms with Crippen LogP contribution in [0.1, 0.15) is 24.8 Å². The van der Waals surface area contributed by atoms with Gasteiger partial charge in [0.25, 0.3) is 0 Å². The Balaban J connectivity index is 1.59. The van der Waals surface area contributed by atoms with E-state index in [1.165, 1.54) is 18.6 Å². The molecule has 2 fully saturated rings. The Morgan fingerprint density at radius 2 is 2.00 bits per heavy atom. The Labute approximate surface area is 123 Å². The molecule has 2 saturated heterocycles. The Bertz CT molecular complexity index is 531. The normalized spacial score (nSPS) is 21.0. The maximum atomic E-state index is 13.6. The minimum absolute atomic E-state index is 0.0113. The van der Waals surface area contributed by atoms with E-state index in [-0.39, 0.29) is 17.9 Å². The molecule has 0 aromatic heterocycles. The van der Waals surface area contributed by atoms with Gasteiger partial charge in [0.15, 0.2) is 0 Å². The summed E-state index contributed by atoms with van der Waals surface area (Å²) in [4.78, 5) is 14.1. The maximum absolute atomic E-state index is 13.6. The number of carbonyl (C=O) groups excluding carboxylic acids is 1. The second kappa shape index (κ2) is 5.72. The van der Waals surface area contributed by atoms with E-state index in [0.717, 1.165) is 45.1 Å². The van der Waals surface area contributed by atoms with Crippen molar-refractivity contribution in [3.05, 3.63) is 35.4 Å². The third-order valence-electron chi connectivity index (χ3n) is 4.87. The van der Waals surface area contributed by atoms with Gasteiger partial charge < -0.3 is 10.2 Å². The fourth-order valence-electron chi connectivity index (χ4n) is 3.39. The van der Waals surface area contributed by atoms with Crippen molar-refractivity contribution in [3.8, 4) is 0 Å². The van der Waals surface area contributed by atoms with Gasteiger partial charge in [-0.3, -0.25) is 4.79 Å². The van der Waals surface area contributed by atoms with E-state index in [1.807, 2.05) is 4.90 Å². The van der Waals surface area contributed by atoms with E-state index < -0.39 is 11.6 Å². The van der Waals surface area contributed by atoms with Crippen molar-refractivity contribution in [1.29, 1.82) is 0 Å². The molecular weight excluding hydrogens is 274 g/mol. The predicted molar refractivity (Wildman–Crippen MR) is 75.8 cm³/mol. The van der Waals surface area contributed by atoms with Crippen molar-refractivity contribution in [2.75, 3.05) is 26.2 Å². The highest BCUT2D eigenvalue weighted by Crippen LogP contribution is 2.37. The molecule has 0 unspecified atom stereocenters. The standard InChI is InChI=1S/C16H20F2N2O/c17-13-2-1-12(14(18)10-13)9-15(21)20-7-4-16(5-8-20)3-6-19-11-16/h1-2,10,19H,3-9,11H2. The number of hydrogen-bond acceptors (Lipinski definition) is 2. The smallest absolute Gasteiger partial charge is 0.227 e. The van der Waals surface area contributed by atoms with E-state index in [2.05, 4.69) is 5.32 Å². The average Bonchev–Trinajstić information content (AvgIpc) is 2.91. The van der Waals surface area contributed by atoms with E-state index >= 15 is 0 Å². The van der Waals surface area contributed by atoms with Crippen LogP contribution in [0.25, 0.3) is 0 Å². The van der Waals surface area contributed by atoms with Gasteiger partial charge in [-0.25, -0.2) is 8.78 Å². The van der Waals surface area contributed by atoms with Crippen LogP contribution in [0.15, 0.2) is 18.2 Å². The molecule has 2 aliphatic rings. The number of nitrogens with zero attached hydrogens (tertiary/aromatic N) is 1. The van der Waals surface area contributed by atoms with Crippen molar-refractivity contribution >= 4 is 5.91 Å². The minimum Gasteiger partial charge on any atom is -0.342 e. The molecule has 1 spiro atoms. The first-order valence-electron chi connectivity index (χ1n) is 7.50. The molecule has 0 aliphatic carbocycles. The molecule has 1 aromatic rings.